The number of aliphatic hydroxyl groups is 1. The van der Waals surface area contributed by atoms with E-state index in [2.05, 4.69) is 0 Å². The molecule has 3 saturated heterocycles. The summed E-state index contributed by atoms with van der Waals surface area (Å²) < 4.78 is 95.0. The van der Waals surface area contributed by atoms with Crippen molar-refractivity contribution in [2.75, 3.05) is 26.4 Å². The number of aliphatic hydroxyl groups excluding tert-OH is 1. The van der Waals surface area contributed by atoms with Gasteiger partial charge < -0.3 is 81.0 Å². The molecule has 7 aromatic carbocycles. The van der Waals surface area contributed by atoms with Crippen molar-refractivity contribution in [3.8, 4) is 0 Å². The molecule has 0 aromatic heterocycles. The van der Waals surface area contributed by atoms with Crippen LogP contribution in [-0.2, 0) is 85.4 Å². The van der Waals surface area contributed by atoms with Crippen LogP contribution >= 0.6 is 0 Å². The van der Waals surface area contributed by atoms with Crippen LogP contribution in [0, 0.1) is 0 Å². The van der Waals surface area contributed by atoms with Crippen molar-refractivity contribution in [2.24, 2.45) is 0 Å². The quantitative estimate of drug-likeness (QED) is 0.0227. The molecular weight excluding hydrogens is 1390 g/mol. The van der Waals surface area contributed by atoms with Crippen molar-refractivity contribution in [1.82, 2.24) is 0 Å². The highest BCUT2D eigenvalue weighted by Crippen LogP contribution is 2.38. The molecule has 3 fully saturated rings. The summed E-state index contributed by atoms with van der Waals surface area (Å²) in [6.07, 6.45) is -23.9. The Hall–Kier alpha value is -10.8. The molecule has 3 heterocycles. The van der Waals surface area contributed by atoms with Crippen molar-refractivity contribution in [2.45, 2.75) is 158 Å². The van der Waals surface area contributed by atoms with Gasteiger partial charge in [0.2, 0.25) is 0 Å². The second kappa shape index (κ2) is 39.5. The molecule has 0 radical (unpaired) electrons. The van der Waals surface area contributed by atoms with Gasteiger partial charge in [0.15, 0.2) is 61.6 Å². The smallest absolute Gasteiger partial charge is 0.338 e. The fraction of sp³-hybridized carbons (Fsp3) is 0.358. The van der Waals surface area contributed by atoms with E-state index >= 15 is 0 Å². The zero-order valence-electron chi connectivity index (χ0n) is 58.8. The van der Waals surface area contributed by atoms with E-state index in [1.54, 1.807) is 127 Å². The maximum Gasteiger partial charge on any atom is 0.338 e. The van der Waals surface area contributed by atoms with Crippen LogP contribution in [0.4, 0.5) is 0 Å². The number of rotatable bonds is 33. The van der Waals surface area contributed by atoms with Crippen molar-refractivity contribution >= 4 is 59.5 Å². The highest BCUT2D eigenvalue weighted by molar-refractivity contribution is 5.93. The molecule has 562 valence electrons. The first kappa shape index (κ1) is 78.7. The number of Topliss-reactive ketones (excluding diaryl/α,β-unsaturated/α-hetero) is 1. The van der Waals surface area contributed by atoms with Crippen molar-refractivity contribution in [3.63, 3.8) is 0 Å². The number of unbranched alkanes of at least 4 members (excludes halogenated alkanes) is 5. The number of ether oxygens (including phenoxy) is 15. The zero-order valence-corrected chi connectivity index (χ0v) is 58.8. The van der Waals surface area contributed by atoms with Gasteiger partial charge in [0.05, 0.1) is 45.6 Å². The van der Waals surface area contributed by atoms with Crippen LogP contribution in [0.5, 0.6) is 0 Å². The summed E-state index contributed by atoms with van der Waals surface area (Å²) >= 11 is 0. The molecule has 26 heteroatoms. The van der Waals surface area contributed by atoms with Crippen molar-refractivity contribution in [3.05, 3.63) is 251 Å². The first-order valence-corrected chi connectivity index (χ1v) is 35.0. The molecule has 0 saturated carbocycles. The van der Waals surface area contributed by atoms with Crippen molar-refractivity contribution in [1.29, 1.82) is 0 Å². The first-order valence-electron chi connectivity index (χ1n) is 35.0. The summed E-state index contributed by atoms with van der Waals surface area (Å²) in [7, 11) is 0. The van der Waals surface area contributed by atoms with E-state index in [4.69, 9.17) is 71.1 Å². The number of ketones is 1. The Bertz CT molecular complexity index is 4060. The molecule has 1 N–H and O–H groups in total. The minimum Gasteiger partial charge on any atom is -0.459 e. The van der Waals surface area contributed by atoms with Gasteiger partial charge in [0.1, 0.15) is 49.5 Å². The molecule has 0 bridgehead atoms. The van der Waals surface area contributed by atoms with E-state index in [1.165, 1.54) is 91.9 Å². The van der Waals surface area contributed by atoms with Gasteiger partial charge in [0.25, 0.3) is 0 Å². The number of benzene rings is 7. The fourth-order valence-electron chi connectivity index (χ4n) is 12.1. The van der Waals surface area contributed by atoms with E-state index in [9.17, 15) is 53.1 Å². The molecule has 107 heavy (non-hydrogen) atoms. The van der Waals surface area contributed by atoms with Gasteiger partial charge in [-0.15, -0.1) is 0 Å². The number of hydrogen-bond acceptors (Lipinski definition) is 26. The Morgan fingerprint density at radius 2 is 0.598 bits per heavy atom. The first-order chi connectivity index (χ1) is 51.9. The largest absolute Gasteiger partial charge is 0.459 e. The van der Waals surface area contributed by atoms with Crippen LogP contribution in [0.1, 0.15) is 138 Å². The third kappa shape index (κ3) is 22.4. The van der Waals surface area contributed by atoms with E-state index in [1.807, 2.05) is 0 Å². The van der Waals surface area contributed by atoms with E-state index in [-0.39, 0.29) is 51.3 Å². The van der Waals surface area contributed by atoms with Crippen LogP contribution in [0.25, 0.3) is 0 Å². The minimum absolute atomic E-state index is 0.000296. The Labute approximate surface area is 616 Å². The third-order valence-electron chi connectivity index (χ3n) is 17.4. The minimum atomic E-state index is -2.16. The molecule has 10 rings (SSSR count). The fourth-order valence-corrected chi connectivity index (χ4v) is 12.1. The molecule has 7 aromatic rings. The van der Waals surface area contributed by atoms with Gasteiger partial charge in [-0.3, -0.25) is 9.59 Å². The predicted molar refractivity (Wildman–Crippen MR) is 375 cm³/mol. The van der Waals surface area contributed by atoms with Crippen LogP contribution < -0.4 is 0 Å². The molecule has 0 aliphatic carbocycles. The third-order valence-corrected chi connectivity index (χ3v) is 17.4. The number of esters is 9. The Morgan fingerprint density at radius 3 is 1.00 bits per heavy atom. The number of hydrogen-bond donors (Lipinski definition) is 1. The van der Waals surface area contributed by atoms with Gasteiger partial charge in [0, 0.05) is 26.9 Å². The van der Waals surface area contributed by atoms with Crippen LogP contribution in [0.2, 0.25) is 0 Å². The predicted octanol–water partition coefficient (Wildman–Crippen LogP) is 9.97. The topological polar surface area (TPSA) is 329 Å². The number of carbonyl (C=O) groups is 10. The summed E-state index contributed by atoms with van der Waals surface area (Å²) in [5.74, 6) is -8.75. The molecule has 3 aliphatic heterocycles. The molecule has 26 nitrogen and oxygen atoms in total. The van der Waals surface area contributed by atoms with Crippen LogP contribution in [0.3, 0.4) is 0 Å². The van der Waals surface area contributed by atoms with Crippen LogP contribution in [0.15, 0.2) is 212 Å². The lowest BCUT2D eigenvalue weighted by atomic mass is 9.95. The summed E-state index contributed by atoms with van der Waals surface area (Å²) in [6.45, 7) is 1.13. The van der Waals surface area contributed by atoms with Gasteiger partial charge in [-0.2, -0.15) is 0 Å². The Balaban J connectivity index is 1.06. The maximum absolute atomic E-state index is 14.8. The highest BCUT2D eigenvalue weighted by Gasteiger charge is 2.59. The molecule has 0 spiro atoms. The van der Waals surface area contributed by atoms with E-state index in [0.29, 0.717) is 25.7 Å². The lowest BCUT2D eigenvalue weighted by molar-refractivity contribution is -0.365. The number of carbonyl (C=O) groups excluding carboxylic acids is 10. The summed E-state index contributed by atoms with van der Waals surface area (Å²) in [5.41, 5.74) is 0.156. The SMILES string of the molecule is CC(=O)CCCCCCCCOC1OC(COC2OC(COC(=O)c3ccccc3)C(OC(=O)c3ccccc3)C(OC(=O)c3ccccc3)C2O)C(OC(C)=O)C(OC2OC(COC(=O)c3ccccc3)C(OC(=O)c3ccccc3)C(OC(=O)c3ccccc3)C2OC(=O)c2ccccc2)C1OC(C)=O. The molecule has 15 atom stereocenters. The van der Waals surface area contributed by atoms with Crippen LogP contribution in [-0.4, -0.2) is 183 Å². The summed E-state index contributed by atoms with van der Waals surface area (Å²) in [4.78, 5) is 139. The second-order valence-electron chi connectivity index (χ2n) is 25.3. The summed E-state index contributed by atoms with van der Waals surface area (Å²) in [5, 5.41) is 12.6. The Morgan fingerprint density at radius 1 is 0.299 bits per heavy atom. The van der Waals surface area contributed by atoms with Gasteiger partial charge in [-0.05, 0) is 105 Å². The lowest BCUT2D eigenvalue weighted by Crippen LogP contribution is -2.67. The zero-order chi connectivity index (χ0) is 75.6. The monoisotopic (exact) mass is 1470 g/mol. The summed E-state index contributed by atoms with van der Waals surface area (Å²) in [6, 6.07) is 53.8. The highest BCUT2D eigenvalue weighted by atomic mass is 16.8. The standard InChI is InChI=1S/C81H82O26/c1-50(82)31-15-6-4-5-7-30-46-93-80-70(98-52(3)84)69(65(97-51(2)83)62(100-80)49-96-79-63(85)67(104-76(90)57-40-24-12-25-41-57)64(102-74(88)55-36-20-10-21-37-55)60(99-79)47-94-72(86)53-32-16-8-17-33-53)107-81-71(106-78(92)59-44-28-14-29-45-59)68(105-77(91)58-42-26-13-27-43-58)66(103-75(89)56-38-22-11-23-39-56)61(101-81)48-95-73(87)54-34-18-9-19-35-54/h8-14,16-29,32-45,60-71,79-81,85H,4-7,15,30-31,46-49H2,1-3H3. The molecule has 3 aliphatic rings. The maximum atomic E-state index is 14.8. The van der Waals surface area contributed by atoms with Gasteiger partial charge in [-0.25, -0.2) is 33.6 Å². The molecule has 0 amide bonds. The van der Waals surface area contributed by atoms with Gasteiger partial charge in [-0.1, -0.05) is 153 Å². The molecule has 15 unspecified atom stereocenters. The average molecular weight is 1470 g/mol. The normalized spacial score (nSPS) is 23.8. The van der Waals surface area contributed by atoms with Gasteiger partial charge >= 0.3 is 53.7 Å². The lowest BCUT2D eigenvalue weighted by Gasteiger charge is -2.49. The van der Waals surface area contributed by atoms with E-state index < -0.39 is 166 Å². The van der Waals surface area contributed by atoms with E-state index in [0.717, 1.165) is 33.1 Å². The van der Waals surface area contributed by atoms with Crippen molar-refractivity contribution < 1.29 is 124 Å². The average Bonchev–Trinajstić information content (AvgIpc) is 0.770. The Kier molecular flexibility index (Phi) is 29.1. The second-order valence-corrected chi connectivity index (χ2v) is 25.3. The molecular formula is C81H82O26.